The zero-order chi connectivity index (χ0) is 13.8. The molecule has 0 atom stereocenters. The van der Waals surface area contributed by atoms with Gasteiger partial charge in [-0.15, -0.1) is 0 Å². The van der Waals surface area contributed by atoms with E-state index in [1.807, 2.05) is 12.3 Å². The Morgan fingerprint density at radius 1 is 1.15 bits per heavy atom. The topological polar surface area (TPSA) is 27.1 Å². The lowest BCUT2D eigenvalue weighted by Crippen LogP contribution is -2.35. The van der Waals surface area contributed by atoms with Gasteiger partial charge in [-0.3, -0.25) is 4.68 Å². The Morgan fingerprint density at radius 2 is 1.90 bits per heavy atom. The van der Waals surface area contributed by atoms with Gasteiger partial charge in [-0.25, -0.2) is 0 Å². The highest BCUT2D eigenvalue weighted by atomic mass is 32.1. The smallest absolute Gasteiger partial charge is 0.0568 e. The fourth-order valence-corrected chi connectivity index (χ4v) is 3.16. The van der Waals surface area contributed by atoms with Crippen LogP contribution in [-0.2, 0) is 11.3 Å². The number of nitrogens with zero attached hydrogens (tertiary/aromatic N) is 2. The summed E-state index contributed by atoms with van der Waals surface area (Å²) >= 11 is 4.56. The summed E-state index contributed by atoms with van der Waals surface area (Å²) in [6.07, 6.45) is 6.21. The highest BCUT2D eigenvalue weighted by Gasteiger charge is 2.32. The molecule has 3 nitrogen and oxygen atoms in total. The van der Waals surface area contributed by atoms with E-state index in [0.717, 1.165) is 38.4 Å². The summed E-state index contributed by atoms with van der Waals surface area (Å²) in [6, 6.07) is 10.4. The van der Waals surface area contributed by atoms with Gasteiger partial charge in [0, 0.05) is 36.9 Å². The molecule has 106 valence electrons. The zero-order valence-electron chi connectivity index (χ0n) is 11.5. The second-order valence-electron chi connectivity index (χ2n) is 5.56. The summed E-state index contributed by atoms with van der Waals surface area (Å²) < 4.78 is 7.53. The summed E-state index contributed by atoms with van der Waals surface area (Å²) in [5.41, 5.74) is 2.61. The first-order valence-corrected chi connectivity index (χ1v) is 7.71. The number of rotatable bonds is 4. The van der Waals surface area contributed by atoms with Gasteiger partial charge in [0.15, 0.2) is 0 Å². The van der Waals surface area contributed by atoms with Gasteiger partial charge >= 0.3 is 0 Å². The van der Waals surface area contributed by atoms with Crippen molar-refractivity contribution in [3.63, 3.8) is 0 Å². The van der Waals surface area contributed by atoms with Crippen LogP contribution in [-0.4, -0.2) is 28.7 Å². The molecular formula is C16H20N2OS. The summed E-state index contributed by atoms with van der Waals surface area (Å²) in [4.78, 5) is 0. The standard InChI is InChI=1S/C16H20N2OS/c20-13-16(6-8-19-9-7-16)12-18-11-15(10-17-18)14-4-2-1-3-5-14/h1-5,10-11,20H,6-9,12-13H2. The Labute approximate surface area is 125 Å². The SMILES string of the molecule is SCC1(Cn2cc(-c3ccccc3)cn2)CCOCC1. The van der Waals surface area contributed by atoms with Gasteiger partial charge in [0.25, 0.3) is 0 Å². The van der Waals surface area contributed by atoms with Crippen LogP contribution in [0.2, 0.25) is 0 Å². The minimum absolute atomic E-state index is 0.224. The lowest BCUT2D eigenvalue weighted by molar-refractivity contribution is 0.0165. The predicted octanol–water partition coefficient (Wildman–Crippen LogP) is 3.28. The quantitative estimate of drug-likeness (QED) is 0.874. The molecule has 0 saturated carbocycles. The fourth-order valence-electron chi connectivity index (χ4n) is 2.74. The molecular weight excluding hydrogens is 268 g/mol. The van der Waals surface area contributed by atoms with Crippen molar-refractivity contribution < 1.29 is 4.74 Å². The first-order valence-electron chi connectivity index (χ1n) is 7.08. The van der Waals surface area contributed by atoms with Crippen molar-refractivity contribution in [2.45, 2.75) is 19.4 Å². The van der Waals surface area contributed by atoms with Crippen LogP contribution >= 0.6 is 12.6 Å². The average Bonchev–Trinajstić information content (AvgIpc) is 2.97. The molecule has 0 amide bonds. The van der Waals surface area contributed by atoms with Gasteiger partial charge in [0.2, 0.25) is 0 Å². The van der Waals surface area contributed by atoms with Gasteiger partial charge < -0.3 is 4.74 Å². The monoisotopic (exact) mass is 288 g/mol. The van der Waals surface area contributed by atoms with E-state index in [0.29, 0.717) is 0 Å². The van der Waals surface area contributed by atoms with Crippen molar-refractivity contribution in [1.29, 1.82) is 0 Å². The molecule has 4 heteroatoms. The van der Waals surface area contributed by atoms with E-state index in [2.05, 4.69) is 52.9 Å². The van der Waals surface area contributed by atoms with E-state index < -0.39 is 0 Å². The maximum atomic E-state index is 5.48. The molecule has 1 aliphatic rings. The zero-order valence-corrected chi connectivity index (χ0v) is 12.4. The van der Waals surface area contributed by atoms with Crippen LogP contribution in [0.5, 0.6) is 0 Å². The second-order valence-corrected chi connectivity index (χ2v) is 5.88. The Balaban J connectivity index is 1.77. The molecule has 1 aromatic carbocycles. The number of hydrogen-bond donors (Lipinski definition) is 1. The maximum Gasteiger partial charge on any atom is 0.0568 e. The normalized spacial score (nSPS) is 18.1. The van der Waals surface area contributed by atoms with Crippen molar-refractivity contribution in [2.75, 3.05) is 19.0 Å². The Bertz CT molecular complexity index is 547. The summed E-state index contributed by atoms with van der Waals surface area (Å²) in [5.74, 6) is 0.886. The molecule has 1 saturated heterocycles. The van der Waals surface area contributed by atoms with E-state index in [1.54, 1.807) is 0 Å². The molecule has 1 fully saturated rings. The predicted molar refractivity (Wildman–Crippen MR) is 84.0 cm³/mol. The summed E-state index contributed by atoms with van der Waals surface area (Å²) in [6.45, 7) is 2.60. The van der Waals surface area contributed by atoms with Gasteiger partial charge in [0.05, 0.1) is 6.20 Å². The molecule has 1 aliphatic heterocycles. The van der Waals surface area contributed by atoms with Crippen LogP contribution in [0.15, 0.2) is 42.7 Å². The number of benzene rings is 1. The number of aromatic nitrogens is 2. The Kier molecular flexibility index (Phi) is 4.13. The van der Waals surface area contributed by atoms with E-state index in [1.165, 1.54) is 11.1 Å². The average molecular weight is 288 g/mol. The third-order valence-corrected chi connectivity index (χ3v) is 4.80. The third-order valence-electron chi connectivity index (χ3n) is 4.13. The maximum absolute atomic E-state index is 5.48. The highest BCUT2D eigenvalue weighted by Crippen LogP contribution is 2.33. The summed E-state index contributed by atoms with van der Waals surface area (Å²) in [7, 11) is 0. The van der Waals surface area contributed by atoms with Gasteiger partial charge in [-0.2, -0.15) is 17.7 Å². The van der Waals surface area contributed by atoms with Crippen LogP contribution in [0.1, 0.15) is 12.8 Å². The molecule has 1 aromatic heterocycles. The first-order chi connectivity index (χ1) is 9.81. The lowest BCUT2D eigenvalue weighted by atomic mass is 9.82. The van der Waals surface area contributed by atoms with E-state index >= 15 is 0 Å². The Hall–Kier alpha value is -1.26. The van der Waals surface area contributed by atoms with Gasteiger partial charge in [-0.1, -0.05) is 30.3 Å². The molecule has 0 bridgehead atoms. The minimum atomic E-state index is 0.224. The van der Waals surface area contributed by atoms with E-state index in [4.69, 9.17) is 4.74 Å². The molecule has 0 spiro atoms. The van der Waals surface area contributed by atoms with Crippen molar-refractivity contribution in [3.05, 3.63) is 42.7 Å². The first kappa shape index (κ1) is 13.7. The van der Waals surface area contributed by atoms with Crippen molar-refractivity contribution in [3.8, 4) is 11.1 Å². The number of hydrogen-bond acceptors (Lipinski definition) is 3. The number of ether oxygens (including phenoxy) is 1. The minimum Gasteiger partial charge on any atom is -0.381 e. The van der Waals surface area contributed by atoms with Crippen molar-refractivity contribution >= 4 is 12.6 Å². The van der Waals surface area contributed by atoms with Crippen LogP contribution in [0, 0.1) is 5.41 Å². The van der Waals surface area contributed by atoms with Crippen LogP contribution < -0.4 is 0 Å². The summed E-state index contributed by atoms with van der Waals surface area (Å²) in [5, 5.41) is 4.52. The molecule has 0 radical (unpaired) electrons. The molecule has 2 aromatic rings. The van der Waals surface area contributed by atoms with E-state index in [9.17, 15) is 0 Å². The second kappa shape index (κ2) is 6.02. The van der Waals surface area contributed by atoms with E-state index in [-0.39, 0.29) is 5.41 Å². The molecule has 2 heterocycles. The van der Waals surface area contributed by atoms with Crippen molar-refractivity contribution in [2.24, 2.45) is 5.41 Å². The lowest BCUT2D eigenvalue weighted by Gasteiger charge is -2.35. The molecule has 3 rings (SSSR count). The van der Waals surface area contributed by atoms with Gasteiger partial charge in [-0.05, 0) is 24.2 Å². The molecule has 20 heavy (non-hydrogen) atoms. The van der Waals surface area contributed by atoms with Crippen LogP contribution in [0.4, 0.5) is 0 Å². The largest absolute Gasteiger partial charge is 0.381 e. The Morgan fingerprint density at radius 3 is 2.60 bits per heavy atom. The molecule has 0 aliphatic carbocycles. The fraction of sp³-hybridized carbons (Fsp3) is 0.438. The highest BCUT2D eigenvalue weighted by molar-refractivity contribution is 7.80. The van der Waals surface area contributed by atoms with Crippen molar-refractivity contribution in [1.82, 2.24) is 9.78 Å². The molecule has 0 N–H and O–H groups in total. The van der Waals surface area contributed by atoms with Gasteiger partial charge in [0.1, 0.15) is 0 Å². The number of thiol groups is 1. The van der Waals surface area contributed by atoms with Crippen LogP contribution in [0.3, 0.4) is 0 Å². The third kappa shape index (κ3) is 2.91. The molecule has 0 unspecified atom stereocenters. The van der Waals surface area contributed by atoms with Crippen LogP contribution in [0.25, 0.3) is 11.1 Å².